The number of carbonyl (C=O) groups excluding carboxylic acids is 1. The Bertz CT molecular complexity index is 1020. The molecule has 6 heteroatoms. The van der Waals surface area contributed by atoms with Crippen LogP contribution in [0, 0.1) is 11.6 Å². The number of quaternary nitrogens is 1. The molecule has 0 aliphatic rings. The second kappa shape index (κ2) is 9.01. The van der Waals surface area contributed by atoms with Crippen LogP contribution in [-0.2, 0) is 11.3 Å². The molecule has 0 saturated carbocycles. The lowest BCUT2D eigenvalue weighted by molar-refractivity contribution is -0.683. The molecule has 3 aromatic carbocycles. The average Bonchev–Trinajstić information content (AvgIpc) is 2.73. The minimum absolute atomic E-state index is 0.0331. The Morgan fingerprint density at radius 1 is 1.03 bits per heavy atom. The fourth-order valence-electron chi connectivity index (χ4n) is 3.23. The zero-order chi connectivity index (χ0) is 21.0. The van der Waals surface area contributed by atoms with Crippen LogP contribution in [0.5, 0.6) is 5.75 Å². The zero-order valence-corrected chi connectivity index (χ0v) is 16.8. The molecule has 0 bridgehead atoms. The van der Waals surface area contributed by atoms with Crippen LogP contribution in [0.1, 0.15) is 24.1 Å². The van der Waals surface area contributed by atoms with Gasteiger partial charge in [-0.3, -0.25) is 4.79 Å². The molecule has 1 amide bonds. The van der Waals surface area contributed by atoms with Gasteiger partial charge >= 0.3 is 0 Å². The number of rotatable bonds is 7. The summed E-state index contributed by atoms with van der Waals surface area (Å²) < 4.78 is 31.7. The molecule has 3 aromatic rings. The van der Waals surface area contributed by atoms with Crippen LogP contribution < -0.4 is 10.1 Å². The van der Waals surface area contributed by atoms with Gasteiger partial charge in [0.1, 0.15) is 11.8 Å². The lowest BCUT2D eigenvalue weighted by atomic mass is 10.1. The second-order valence-corrected chi connectivity index (χ2v) is 7.20. The van der Waals surface area contributed by atoms with Crippen LogP contribution in [0.25, 0.3) is 10.8 Å². The number of nitrogens with two attached hydrogens (primary N) is 1. The van der Waals surface area contributed by atoms with E-state index < -0.39 is 11.6 Å². The molecule has 0 aliphatic carbocycles. The lowest BCUT2D eigenvalue weighted by Gasteiger charge is -2.18. The van der Waals surface area contributed by atoms with Gasteiger partial charge in [-0.25, -0.2) is 8.78 Å². The predicted octanol–water partition coefficient (Wildman–Crippen LogP) is 3.41. The van der Waals surface area contributed by atoms with Gasteiger partial charge in [0.25, 0.3) is 5.91 Å². The lowest BCUT2D eigenvalue weighted by Crippen LogP contribution is -2.87. The molecule has 0 unspecified atom stereocenters. The predicted molar refractivity (Wildman–Crippen MR) is 109 cm³/mol. The maximum absolute atomic E-state index is 13.4. The van der Waals surface area contributed by atoms with Crippen molar-refractivity contribution in [2.45, 2.75) is 19.5 Å². The fraction of sp³-hybridized carbons (Fsp3) is 0.261. The summed E-state index contributed by atoms with van der Waals surface area (Å²) in [4.78, 5) is 14.2. The maximum atomic E-state index is 13.4. The van der Waals surface area contributed by atoms with Gasteiger partial charge in [0, 0.05) is 19.2 Å². The van der Waals surface area contributed by atoms with Crippen molar-refractivity contribution < 1.29 is 23.6 Å². The van der Waals surface area contributed by atoms with Gasteiger partial charge in [-0.1, -0.05) is 18.2 Å². The summed E-state index contributed by atoms with van der Waals surface area (Å²) in [6, 6.07) is 15.6. The topological polar surface area (TPSA) is 46.1 Å². The molecule has 0 spiro atoms. The zero-order valence-electron chi connectivity index (χ0n) is 16.8. The van der Waals surface area contributed by atoms with Crippen molar-refractivity contribution in [2.24, 2.45) is 0 Å². The monoisotopic (exact) mass is 399 g/mol. The van der Waals surface area contributed by atoms with Crippen molar-refractivity contribution in [3.05, 3.63) is 77.4 Å². The minimum atomic E-state index is -0.875. The van der Waals surface area contributed by atoms with E-state index in [0.29, 0.717) is 12.1 Å². The highest BCUT2D eigenvalue weighted by molar-refractivity contribution is 5.84. The van der Waals surface area contributed by atoms with E-state index in [1.165, 1.54) is 12.1 Å². The van der Waals surface area contributed by atoms with E-state index in [-0.39, 0.29) is 18.5 Å². The van der Waals surface area contributed by atoms with Gasteiger partial charge in [-0.05, 0) is 59.7 Å². The number of benzene rings is 3. The number of nitrogens with zero attached hydrogens (tertiary/aromatic N) is 1. The van der Waals surface area contributed by atoms with Crippen LogP contribution in [0.4, 0.5) is 8.78 Å². The van der Waals surface area contributed by atoms with Crippen molar-refractivity contribution in [3.63, 3.8) is 0 Å². The molecule has 29 heavy (non-hydrogen) atoms. The highest BCUT2D eigenvalue weighted by Gasteiger charge is 2.16. The molecule has 4 nitrogen and oxygen atoms in total. The summed E-state index contributed by atoms with van der Waals surface area (Å²) in [5.41, 5.74) is 1.68. The van der Waals surface area contributed by atoms with Crippen molar-refractivity contribution in [1.29, 1.82) is 0 Å². The SMILES string of the molecule is COc1ccc2cc(CN(C)C(=O)C[NH2+][C@@H](C)c3ccc(F)c(F)c3)ccc2c1. The first-order valence-electron chi connectivity index (χ1n) is 9.46. The van der Waals surface area contributed by atoms with Crippen molar-refractivity contribution in [1.82, 2.24) is 4.90 Å². The molecule has 0 radical (unpaired) electrons. The van der Waals surface area contributed by atoms with Crippen molar-refractivity contribution in [2.75, 3.05) is 20.7 Å². The molecule has 0 saturated heterocycles. The first-order valence-corrected chi connectivity index (χ1v) is 9.46. The number of ether oxygens (including phenoxy) is 1. The van der Waals surface area contributed by atoms with E-state index in [4.69, 9.17) is 4.74 Å². The Hall–Kier alpha value is -2.99. The van der Waals surface area contributed by atoms with E-state index in [1.54, 1.807) is 19.1 Å². The van der Waals surface area contributed by atoms with E-state index in [1.807, 2.05) is 42.6 Å². The van der Waals surface area contributed by atoms with Crippen molar-refractivity contribution >= 4 is 16.7 Å². The summed E-state index contributed by atoms with van der Waals surface area (Å²) in [6.07, 6.45) is 0. The molecule has 152 valence electrons. The van der Waals surface area contributed by atoms with E-state index >= 15 is 0 Å². The van der Waals surface area contributed by atoms with Crippen LogP contribution in [0.3, 0.4) is 0 Å². The molecular formula is C23H25F2N2O2+. The number of carbonyl (C=O) groups is 1. The molecule has 0 heterocycles. The van der Waals surface area contributed by atoms with Crippen molar-refractivity contribution in [3.8, 4) is 5.75 Å². The third-order valence-corrected chi connectivity index (χ3v) is 5.07. The fourth-order valence-corrected chi connectivity index (χ4v) is 3.23. The molecule has 0 fully saturated rings. The van der Waals surface area contributed by atoms with E-state index in [9.17, 15) is 13.6 Å². The van der Waals surface area contributed by atoms with Crippen LogP contribution in [0.15, 0.2) is 54.6 Å². The van der Waals surface area contributed by atoms with Crippen LogP contribution in [-0.4, -0.2) is 31.5 Å². The Kier molecular flexibility index (Phi) is 6.44. The number of methoxy groups -OCH3 is 1. The smallest absolute Gasteiger partial charge is 0.277 e. The minimum Gasteiger partial charge on any atom is -0.497 e. The number of hydrogen-bond acceptors (Lipinski definition) is 2. The highest BCUT2D eigenvalue weighted by Crippen LogP contribution is 2.22. The third kappa shape index (κ3) is 5.09. The molecular weight excluding hydrogens is 374 g/mol. The molecule has 1 atom stereocenters. The van der Waals surface area contributed by atoms with Gasteiger partial charge < -0.3 is 15.0 Å². The Morgan fingerprint density at radius 2 is 1.76 bits per heavy atom. The number of hydrogen-bond donors (Lipinski definition) is 1. The Morgan fingerprint density at radius 3 is 2.48 bits per heavy atom. The first-order chi connectivity index (χ1) is 13.9. The summed E-state index contributed by atoms with van der Waals surface area (Å²) in [7, 11) is 3.40. The standard InChI is InChI=1S/C23H24F2N2O2/c1-15(17-7-9-21(24)22(25)12-17)26-13-23(28)27(2)14-16-4-5-19-11-20(29-3)8-6-18(19)10-16/h4-12,15,26H,13-14H2,1-3H3/p+1/t15-/m0/s1. The van der Waals surface area contributed by atoms with Gasteiger partial charge in [-0.2, -0.15) is 0 Å². The largest absolute Gasteiger partial charge is 0.497 e. The van der Waals surface area contributed by atoms with Crippen LogP contribution >= 0.6 is 0 Å². The number of amides is 1. The van der Waals surface area contributed by atoms with Gasteiger partial charge in [0.15, 0.2) is 18.2 Å². The van der Waals surface area contributed by atoms with Crippen LogP contribution in [0.2, 0.25) is 0 Å². The molecule has 0 aliphatic heterocycles. The Balaban J connectivity index is 1.58. The maximum Gasteiger partial charge on any atom is 0.277 e. The number of likely N-dealkylation sites (N-methyl/N-ethyl adjacent to an activating group) is 1. The van der Waals surface area contributed by atoms with Gasteiger partial charge in [0.2, 0.25) is 0 Å². The van der Waals surface area contributed by atoms with Gasteiger partial charge in [-0.15, -0.1) is 0 Å². The summed E-state index contributed by atoms with van der Waals surface area (Å²) >= 11 is 0. The van der Waals surface area contributed by atoms with E-state index in [0.717, 1.165) is 28.2 Å². The first kappa shape index (κ1) is 20.7. The van der Waals surface area contributed by atoms with E-state index in [2.05, 4.69) is 6.07 Å². The number of halogens is 2. The molecule has 3 rings (SSSR count). The highest BCUT2D eigenvalue weighted by atomic mass is 19.2. The second-order valence-electron chi connectivity index (χ2n) is 7.20. The Labute approximate surface area is 169 Å². The molecule has 0 aromatic heterocycles. The quantitative estimate of drug-likeness (QED) is 0.662. The average molecular weight is 399 g/mol. The number of fused-ring (bicyclic) bond motifs is 1. The molecule has 2 N–H and O–H groups in total. The van der Waals surface area contributed by atoms with Gasteiger partial charge in [0.05, 0.1) is 7.11 Å². The summed E-state index contributed by atoms with van der Waals surface area (Å²) in [5, 5.41) is 3.98. The summed E-state index contributed by atoms with van der Waals surface area (Å²) in [5.74, 6) is -0.969. The summed E-state index contributed by atoms with van der Waals surface area (Å²) in [6.45, 7) is 2.58. The third-order valence-electron chi connectivity index (χ3n) is 5.07. The normalized spacial score (nSPS) is 12.0.